The van der Waals surface area contributed by atoms with E-state index >= 15 is 0 Å². The van der Waals surface area contributed by atoms with Crippen LogP contribution in [0, 0.1) is 0 Å². The standard InChI is InChI=1S/C14H21NO2/c1-2-14(11-16)8-13(17)10-15(14)9-12-6-4-3-5-7-12/h3-7,13,16-17H,2,8-11H2,1H3/t13-,14-/m1/s1. The van der Waals surface area contributed by atoms with Crippen molar-refractivity contribution < 1.29 is 10.2 Å². The van der Waals surface area contributed by atoms with E-state index in [2.05, 4.69) is 24.0 Å². The van der Waals surface area contributed by atoms with Crippen molar-refractivity contribution >= 4 is 0 Å². The van der Waals surface area contributed by atoms with Crippen molar-refractivity contribution in [2.45, 2.75) is 38.0 Å². The summed E-state index contributed by atoms with van der Waals surface area (Å²) in [5, 5.41) is 19.5. The fourth-order valence-electron chi connectivity index (χ4n) is 2.76. The fourth-order valence-corrected chi connectivity index (χ4v) is 2.76. The predicted octanol–water partition coefficient (Wildman–Crippen LogP) is 1.39. The molecule has 1 fully saturated rings. The molecule has 1 aromatic rings. The summed E-state index contributed by atoms with van der Waals surface area (Å²) in [4.78, 5) is 2.22. The van der Waals surface area contributed by atoms with Crippen LogP contribution in [0.4, 0.5) is 0 Å². The summed E-state index contributed by atoms with van der Waals surface area (Å²) >= 11 is 0. The number of aliphatic hydroxyl groups is 2. The molecule has 3 nitrogen and oxygen atoms in total. The molecule has 0 radical (unpaired) electrons. The lowest BCUT2D eigenvalue weighted by atomic mass is 9.93. The van der Waals surface area contributed by atoms with Gasteiger partial charge in [0.1, 0.15) is 0 Å². The van der Waals surface area contributed by atoms with Gasteiger partial charge < -0.3 is 10.2 Å². The van der Waals surface area contributed by atoms with E-state index in [1.54, 1.807) is 0 Å². The molecule has 17 heavy (non-hydrogen) atoms. The van der Waals surface area contributed by atoms with E-state index in [0.29, 0.717) is 13.0 Å². The first-order valence-corrected chi connectivity index (χ1v) is 6.28. The van der Waals surface area contributed by atoms with Crippen LogP contribution in [0.2, 0.25) is 0 Å². The largest absolute Gasteiger partial charge is 0.394 e. The lowest BCUT2D eigenvalue weighted by molar-refractivity contribution is 0.0548. The lowest BCUT2D eigenvalue weighted by Gasteiger charge is -2.36. The normalized spacial score (nSPS) is 29.7. The second-order valence-corrected chi connectivity index (χ2v) is 4.96. The van der Waals surface area contributed by atoms with Gasteiger partial charge in [0.2, 0.25) is 0 Å². The van der Waals surface area contributed by atoms with Gasteiger partial charge in [0.05, 0.1) is 12.7 Å². The Kier molecular flexibility index (Phi) is 3.82. The van der Waals surface area contributed by atoms with E-state index in [0.717, 1.165) is 13.0 Å². The SMILES string of the molecule is CC[C@]1(CO)C[C@@H](O)CN1Cc1ccccc1. The first kappa shape index (κ1) is 12.6. The van der Waals surface area contributed by atoms with Gasteiger partial charge in [-0.3, -0.25) is 4.90 Å². The van der Waals surface area contributed by atoms with Crippen molar-refractivity contribution in [3.8, 4) is 0 Å². The molecule has 1 saturated heterocycles. The van der Waals surface area contributed by atoms with Crippen molar-refractivity contribution in [2.24, 2.45) is 0 Å². The molecule has 0 aromatic heterocycles. The summed E-state index contributed by atoms with van der Waals surface area (Å²) < 4.78 is 0. The van der Waals surface area contributed by atoms with Crippen LogP contribution >= 0.6 is 0 Å². The van der Waals surface area contributed by atoms with E-state index in [1.807, 2.05) is 18.2 Å². The Morgan fingerprint density at radius 1 is 1.35 bits per heavy atom. The first-order valence-electron chi connectivity index (χ1n) is 6.28. The van der Waals surface area contributed by atoms with Gasteiger partial charge >= 0.3 is 0 Å². The van der Waals surface area contributed by atoms with Crippen LogP contribution in [-0.2, 0) is 6.54 Å². The molecule has 1 aliphatic heterocycles. The molecule has 2 rings (SSSR count). The van der Waals surface area contributed by atoms with Crippen molar-refractivity contribution in [1.29, 1.82) is 0 Å². The Hall–Kier alpha value is -0.900. The molecule has 0 aliphatic carbocycles. The summed E-state index contributed by atoms with van der Waals surface area (Å²) in [6, 6.07) is 10.2. The Balaban J connectivity index is 2.14. The first-order chi connectivity index (χ1) is 8.20. The highest BCUT2D eigenvalue weighted by atomic mass is 16.3. The van der Waals surface area contributed by atoms with Crippen LogP contribution in [0.25, 0.3) is 0 Å². The zero-order valence-electron chi connectivity index (χ0n) is 10.3. The summed E-state index contributed by atoms with van der Waals surface area (Å²) in [6.07, 6.45) is 1.23. The highest BCUT2D eigenvalue weighted by Gasteiger charge is 2.43. The molecule has 1 aliphatic rings. The maximum absolute atomic E-state index is 9.82. The molecule has 3 heteroatoms. The summed E-state index contributed by atoms with van der Waals surface area (Å²) in [5.74, 6) is 0. The number of hydrogen-bond acceptors (Lipinski definition) is 3. The maximum atomic E-state index is 9.82. The third-order valence-electron chi connectivity index (χ3n) is 3.89. The minimum absolute atomic E-state index is 0.118. The van der Waals surface area contributed by atoms with E-state index in [-0.39, 0.29) is 18.2 Å². The van der Waals surface area contributed by atoms with E-state index in [9.17, 15) is 10.2 Å². The number of nitrogens with zero attached hydrogens (tertiary/aromatic N) is 1. The van der Waals surface area contributed by atoms with Gasteiger partial charge in [-0.25, -0.2) is 0 Å². The van der Waals surface area contributed by atoms with Gasteiger partial charge in [0.15, 0.2) is 0 Å². The zero-order chi connectivity index (χ0) is 12.3. The molecule has 0 amide bonds. The van der Waals surface area contributed by atoms with Crippen LogP contribution in [0.15, 0.2) is 30.3 Å². The van der Waals surface area contributed by atoms with Gasteiger partial charge in [0.25, 0.3) is 0 Å². The number of β-amino-alcohol motifs (C(OH)–C–C–N with tert-alkyl or cyclic N) is 1. The number of aliphatic hydroxyl groups excluding tert-OH is 2. The molecule has 0 spiro atoms. The van der Waals surface area contributed by atoms with Gasteiger partial charge in [-0.05, 0) is 18.4 Å². The number of benzene rings is 1. The molecule has 0 unspecified atom stereocenters. The minimum Gasteiger partial charge on any atom is -0.394 e. The fraction of sp³-hybridized carbons (Fsp3) is 0.571. The van der Waals surface area contributed by atoms with Gasteiger partial charge in [-0.2, -0.15) is 0 Å². The van der Waals surface area contributed by atoms with Crippen LogP contribution in [0.3, 0.4) is 0 Å². The average molecular weight is 235 g/mol. The van der Waals surface area contributed by atoms with Gasteiger partial charge in [0, 0.05) is 18.6 Å². The number of rotatable bonds is 4. The van der Waals surface area contributed by atoms with Crippen LogP contribution in [-0.4, -0.2) is 39.9 Å². The Morgan fingerprint density at radius 2 is 2.06 bits per heavy atom. The average Bonchev–Trinajstić information content (AvgIpc) is 2.67. The third-order valence-corrected chi connectivity index (χ3v) is 3.89. The van der Waals surface area contributed by atoms with Crippen molar-refractivity contribution in [3.05, 3.63) is 35.9 Å². The quantitative estimate of drug-likeness (QED) is 0.829. The monoisotopic (exact) mass is 235 g/mol. The van der Waals surface area contributed by atoms with Crippen LogP contribution in [0.1, 0.15) is 25.3 Å². The second-order valence-electron chi connectivity index (χ2n) is 4.96. The lowest BCUT2D eigenvalue weighted by Crippen LogP contribution is -2.45. The molecule has 0 saturated carbocycles. The second kappa shape index (κ2) is 5.17. The third kappa shape index (κ3) is 2.51. The van der Waals surface area contributed by atoms with Crippen LogP contribution in [0.5, 0.6) is 0 Å². The summed E-state index contributed by atoms with van der Waals surface area (Å²) in [6.45, 7) is 3.65. The minimum atomic E-state index is -0.314. The smallest absolute Gasteiger partial charge is 0.0686 e. The molecule has 94 valence electrons. The Labute approximate surface area is 103 Å². The summed E-state index contributed by atoms with van der Waals surface area (Å²) in [7, 11) is 0. The Bertz CT molecular complexity index is 348. The zero-order valence-corrected chi connectivity index (χ0v) is 10.3. The predicted molar refractivity (Wildman–Crippen MR) is 67.6 cm³/mol. The molecular weight excluding hydrogens is 214 g/mol. The highest BCUT2D eigenvalue weighted by molar-refractivity contribution is 5.16. The molecule has 0 bridgehead atoms. The van der Waals surface area contributed by atoms with Gasteiger partial charge in [-0.1, -0.05) is 37.3 Å². The van der Waals surface area contributed by atoms with Gasteiger partial charge in [-0.15, -0.1) is 0 Å². The molecule has 2 N–H and O–H groups in total. The van der Waals surface area contributed by atoms with E-state index in [4.69, 9.17) is 0 Å². The molecule has 2 atom stereocenters. The van der Waals surface area contributed by atoms with Crippen molar-refractivity contribution in [2.75, 3.05) is 13.2 Å². The number of likely N-dealkylation sites (tertiary alicyclic amines) is 1. The van der Waals surface area contributed by atoms with E-state index in [1.165, 1.54) is 5.56 Å². The molecule has 1 aromatic carbocycles. The molecular formula is C14H21NO2. The maximum Gasteiger partial charge on any atom is 0.0686 e. The molecule has 1 heterocycles. The topological polar surface area (TPSA) is 43.7 Å². The summed E-state index contributed by atoms with van der Waals surface area (Å²) in [5.41, 5.74) is 0.989. The highest BCUT2D eigenvalue weighted by Crippen LogP contribution is 2.33. The van der Waals surface area contributed by atoms with Crippen molar-refractivity contribution in [1.82, 2.24) is 4.90 Å². The van der Waals surface area contributed by atoms with Crippen molar-refractivity contribution in [3.63, 3.8) is 0 Å². The number of hydrogen-bond donors (Lipinski definition) is 2. The van der Waals surface area contributed by atoms with Crippen LogP contribution < -0.4 is 0 Å². The van der Waals surface area contributed by atoms with E-state index < -0.39 is 0 Å². The Morgan fingerprint density at radius 3 is 2.65 bits per heavy atom.